The van der Waals surface area contributed by atoms with E-state index in [1.807, 2.05) is 45.2 Å². The highest BCUT2D eigenvalue weighted by Gasteiger charge is 2.30. The summed E-state index contributed by atoms with van der Waals surface area (Å²) in [6.45, 7) is 6.57. The van der Waals surface area contributed by atoms with Gasteiger partial charge in [0.1, 0.15) is 5.60 Å². The monoisotopic (exact) mass is 356 g/mol. The van der Waals surface area contributed by atoms with E-state index in [1.165, 1.54) is 0 Å². The smallest absolute Gasteiger partial charge is 0.410 e. The molecule has 1 aliphatic rings. The SMILES string of the molecule is CC(C)(C)OC(=O)N1CC[C@@H](NC(=O)c2ccc(-n3cccn3)cc2)C1. The Bertz CT molecular complexity index is 763. The maximum absolute atomic E-state index is 12.4. The van der Waals surface area contributed by atoms with E-state index in [2.05, 4.69) is 10.4 Å². The molecule has 0 radical (unpaired) electrons. The van der Waals surface area contributed by atoms with Crippen molar-refractivity contribution in [3.8, 4) is 5.69 Å². The predicted molar refractivity (Wildman–Crippen MR) is 97.2 cm³/mol. The molecule has 0 bridgehead atoms. The van der Waals surface area contributed by atoms with Crippen LogP contribution in [0.4, 0.5) is 4.79 Å². The van der Waals surface area contributed by atoms with E-state index in [-0.39, 0.29) is 18.0 Å². The van der Waals surface area contributed by atoms with Crippen LogP contribution in [0, 0.1) is 0 Å². The summed E-state index contributed by atoms with van der Waals surface area (Å²) in [7, 11) is 0. The maximum atomic E-state index is 12.4. The van der Waals surface area contributed by atoms with Crippen LogP contribution < -0.4 is 5.32 Å². The normalized spacial score (nSPS) is 17.2. The van der Waals surface area contributed by atoms with E-state index in [0.717, 1.165) is 12.1 Å². The fourth-order valence-corrected chi connectivity index (χ4v) is 2.83. The van der Waals surface area contributed by atoms with Crippen LogP contribution in [0.3, 0.4) is 0 Å². The first-order valence-electron chi connectivity index (χ1n) is 8.71. The molecule has 2 amide bonds. The second-order valence-corrected chi connectivity index (χ2v) is 7.38. The van der Waals surface area contributed by atoms with Crippen molar-refractivity contribution in [1.29, 1.82) is 0 Å². The first-order chi connectivity index (χ1) is 12.3. The molecule has 1 aromatic heterocycles. The maximum Gasteiger partial charge on any atom is 0.410 e. The van der Waals surface area contributed by atoms with Gasteiger partial charge in [-0.25, -0.2) is 9.48 Å². The first-order valence-corrected chi connectivity index (χ1v) is 8.71. The molecule has 7 nitrogen and oxygen atoms in total. The molecule has 0 spiro atoms. The average Bonchev–Trinajstić information content (AvgIpc) is 3.25. The van der Waals surface area contributed by atoms with E-state index < -0.39 is 5.60 Å². The predicted octanol–water partition coefficient (Wildman–Crippen LogP) is 2.61. The number of carbonyl (C=O) groups excluding carboxylic acids is 2. The molecule has 1 atom stereocenters. The Hall–Kier alpha value is -2.83. The molecule has 2 heterocycles. The molecule has 0 unspecified atom stereocenters. The van der Waals surface area contributed by atoms with Gasteiger partial charge >= 0.3 is 6.09 Å². The lowest BCUT2D eigenvalue weighted by Crippen LogP contribution is -2.40. The van der Waals surface area contributed by atoms with Gasteiger partial charge in [0.2, 0.25) is 0 Å². The highest BCUT2D eigenvalue weighted by atomic mass is 16.6. The first kappa shape index (κ1) is 18.0. The fourth-order valence-electron chi connectivity index (χ4n) is 2.83. The summed E-state index contributed by atoms with van der Waals surface area (Å²) < 4.78 is 7.11. The van der Waals surface area contributed by atoms with Crippen LogP contribution in [0.25, 0.3) is 5.69 Å². The van der Waals surface area contributed by atoms with Crippen LogP contribution in [0.5, 0.6) is 0 Å². The van der Waals surface area contributed by atoms with Crippen molar-refractivity contribution in [3.05, 3.63) is 48.3 Å². The third kappa shape index (κ3) is 4.41. The van der Waals surface area contributed by atoms with Gasteiger partial charge in [-0.05, 0) is 57.5 Å². The molecule has 1 fully saturated rings. The number of carbonyl (C=O) groups is 2. The average molecular weight is 356 g/mol. The zero-order valence-corrected chi connectivity index (χ0v) is 15.3. The Morgan fingerprint density at radius 2 is 1.96 bits per heavy atom. The highest BCUT2D eigenvalue weighted by molar-refractivity contribution is 5.94. The Balaban J connectivity index is 1.55. The third-order valence-electron chi connectivity index (χ3n) is 4.07. The van der Waals surface area contributed by atoms with E-state index in [0.29, 0.717) is 18.7 Å². The Morgan fingerprint density at radius 1 is 1.23 bits per heavy atom. The molecule has 3 rings (SSSR count). The second kappa shape index (κ2) is 7.19. The van der Waals surface area contributed by atoms with Crippen molar-refractivity contribution in [3.63, 3.8) is 0 Å². The zero-order chi connectivity index (χ0) is 18.7. The molecular weight excluding hydrogens is 332 g/mol. The Labute approximate surface area is 152 Å². The standard InChI is InChI=1S/C19H24N4O3/c1-19(2,3)26-18(25)22-12-9-15(13-22)21-17(24)14-5-7-16(8-6-14)23-11-4-10-20-23/h4-8,10-11,15H,9,12-13H2,1-3H3,(H,21,24)/t15-/m1/s1. The van der Waals surface area contributed by atoms with Crippen molar-refractivity contribution in [2.75, 3.05) is 13.1 Å². The summed E-state index contributed by atoms with van der Waals surface area (Å²) in [5, 5.41) is 7.15. The number of hydrogen-bond acceptors (Lipinski definition) is 4. The number of rotatable bonds is 3. The van der Waals surface area contributed by atoms with E-state index in [4.69, 9.17) is 4.74 Å². The summed E-state index contributed by atoms with van der Waals surface area (Å²) in [4.78, 5) is 26.2. The molecule has 138 valence electrons. The lowest BCUT2D eigenvalue weighted by molar-refractivity contribution is 0.0290. The van der Waals surface area contributed by atoms with Gasteiger partial charge in [0.15, 0.2) is 0 Å². The van der Waals surface area contributed by atoms with Crippen molar-refractivity contribution in [2.24, 2.45) is 0 Å². The van der Waals surface area contributed by atoms with Crippen LogP contribution in [-0.2, 0) is 4.74 Å². The van der Waals surface area contributed by atoms with Crippen molar-refractivity contribution >= 4 is 12.0 Å². The quantitative estimate of drug-likeness (QED) is 0.917. The van der Waals surface area contributed by atoms with Gasteiger partial charge in [0, 0.05) is 37.1 Å². The van der Waals surface area contributed by atoms with Crippen LogP contribution in [0.15, 0.2) is 42.7 Å². The Kier molecular flexibility index (Phi) is 4.97. The topological polar surface area (TPSA) is 76.5 Å². The molecule has 1 N–H and O–H groups in total. The second-order valence-electron chi connectivity index (χ2n) is 7.38. The van der Waals surface area contributed by atoms with Gasteiger partial charge in [0.25, 0.3) is 5.91 Å². The molecule has 0 saturated carbocycles. The number of likely N-dealkylation sites (tertiary alicyclic amines) is 1. The van der Waals surface area contributed by atoms with Crippen LogP contribution in [-0.4, -0.2) is 51.4 Å². The largest absolute Gasteiger partial charge is 0.444 e. The fraction of sp³-hybridized carbons (Fsp3) is 0.421. The number of nitrogens with one attached hydrogen (secondary N) is 1. The van der Waals surface area contributed by atoms with Gasteiger partial charge in [-0.2, -0.15) is 5.10 Å². The minimum atomic E-state index is -0.519. The summed E-state index contributed by atoms with van der Waals surface area (Å²) in [6.07, 6.45) is 3.93. The van der Waals surface area contributed by atoms with Crippen molar-refractivity contribution in [1.82, 2.24) is 20.0 Å². The minimum Gasteiger partial charge on any atom is -0.444 e. The number of nitrogens with zero attached hydrogens (tertiary/aromatic N) is 3. The van der Waals surface area contributed by atoms with Gasteiger partial charge in [-0.15, -0.1) is 0 Å². The van der Waals surface area contributed by atoms with Gasteiger partial charge < -0.3 is 15.0 Å². The van der Waals surface area contributed by atoms with Gasteiger partial charge in [0.05, 0.1) is 5.69 Å². The van der Waals surface area contributed by atoms with Crippen LogP contribution in [0.1, 0.15) is 37.6 Å². The highest BCUT2D eigenvalue weighted by Crippen LogP contribution is 2.16. The molecule has 26 heavy (non-hydrogen) atoms. The molecule has 1 aliphatic heterocycles. The molecule has 7 heteroatoms. The lowest BCUT2D eigenvalue weighted by atomic mass is 10.1. The summed E-state index contributed by atoms with van der Waals surface area (Å²) in [5.74, 6) is -0.145. The molecular formula is C19H24N4O3. The van der Waals surface area contributed by atoms with Crippen molar-refractivity contribution in [2.45, 2.75) is 38.8 Å². The minimum absolute atomic E-state index is 0.0687. The van der Waals surface area contributed by atoms with Crippen LogP contribution >= 0.6 is 0 Å². The summed E-state index contributed by atoms with van der Waals surface area (Å²) >= 11 is 0. The van der Waals surface area contributed by atoms with Crippen LogP contribution in [0.2, 0.25) is 0 Å². The van der Waals surface area contributed by atoms with Gasteiger partial charge in [-0.3, -0.25) is 4.79 Å². The van der Waals surface area contributed by atoms with E-state index in [9.17, 15) is 9.59 Å². The number of hydrogen-bond donors (Lipinski definition) is 1. The molecule has 2 aromatic rings. The zero-order valence-electron chi connectivity index (χ0n) is 15.3. The summed E-state index contributed by atoms with van der Waals surface area (Å²) in [6, 6.07) is 9.02. The lowest BCUT2D eigenvalue weighted by Gasteiger charge is -2.24. The van der Waals surface area contributed by atoms with E-state index in [1.54, 1.807) is 27.9 Å². The number of ether oxygens (including phenoxy) is 1. The van der Waals surface area contributed by atoms with Crippen molar-refractivity contribution < 1.29 is 14.3 Å². The molecule has 1 aromatic carbocycles. The Morgan fingerprint density at radius 3 is 2.58 bits per heavy atom. The molecule has 1 saturated heterocycles. The van der Waals surface area contributed by atoms with E-state index >= 15 is 0 Å². The third-order valence-corrected chi connectivity index (χ3v) is 4.07. The number of aromatic nitrogens is 2. The number of amides is 2. The molecule has 0 aliphatic carbocycles. The number of benzene rings is 1. The summed E-state index contributed by atoms with van der Waals surface area (Å²) in [5.41, 5.74) is 0.953. The van der Waals surface area contributed by atoms with Gasteiger partial charge in [-0.1, -0.05) is 0 Å².